The molecule has 0 saturated heterocycles. The van der Waals surface area contributed by atoms with Crippen LogP contribution in [-0.4, -0.2) is 71.1 Å². The molecule has 10 nitrogen and oxygen atoms in total. The largest absolute Gasteiger partial charge is 0.465 e. The van der Waals surface area contributed by atoms with Crippen LogP contribution in [-0.2, 0) is 33.4 Å². The van der Waals surface area contributed by atoms with Gasteiger partial charge in [-0.15, -0.1) is 0 Å². The first kappa shape index (κ1) is 29.6. The number of aliphatic hydroxyl groups excluding tert-OH is 1. The molecule has 3 N–H and O–H groups in total. The Kier molecular flexibility index (Phi) is 12.9. The Morgan fingerprint density at radius 2 is 1.62 bits per heavy atom. The molecule has 0 aromatic rings. The average Bonchev–Trinajstić information content (AvgIpc) is 2.66. The second-order valence-electron chi connectivity index (χ2n) is 8.60. The van der Waals surface area contributed by atoms with E-state index in [1.54, 1.807) is 34.6 Å². The molecule has 0 aromatic heterocycles. The van der Waals surface area contributed by atoms with Crippen LogP contribution in [0.1, 0.15) is 48.0 Å². The third kappa shape index (κ3) is 14.6. The second-order valence-corrected chi connectivity index (χ2v) is 9.70. The molecule has 11 heteroatoms. The number of hydrogen-bond donors (Lipinski definition) is 3. The van der Waals surface area contributed by atoms with Gasteiger partial charge in [0.25, 0.3) is 0 Å². The van der Waals surface area contributed by atoms with Gasteiger partial charge < -0.3 is 25.2 Å². The van der Waals surface area contributed by atoms with E-state index in [2.05, 4.69) is 10.6 Å². The summed E-state index contributed by atoms with van der Waals surface area (Å²) in [6.07, 6.45) is 0.745. The van der Waals surface area contributed by atoms with Crippen molar-refractivity contribution in [1.82, 2.24) is 10.6 Å². The Morgan fingerprint density at radius 1 is 1.00 bits per heavy atom. The van der Waals surface area contributed by atoms with Crippen molar-refractivity contribution in [2.24, 2.45) is 5.41 Å². The summed E-state index contributed by atoms with van der Waals surface area (Å²) in [5, 5.41) is 14.8. The molecule has 0 aliphatic heterocycles. The van der Waals surface area contributed by atoms with E-state index in [0.29, 0.717) is 5.75 Å². The van der Waals surface area contributed by atoms with Crippen molar-refractivity contribution in [1.29, 1.82) is 0 Å². The van der Waals surface area contributed by atoms with Crippen LogP contribution in [0.5, 0.6) is 0 Å². The zero-order valence-electron chi connectivity index (χ0n) is 19.5. The average molecular weight is 475 g/mol. The van der Waals surface area contributed by atoms with Gasteiger partial charge in [0.1, 0.15) is 11.7 Å². The fourth-order valence-electron chi connectivity index (χ4n) is 2.07. The maximum atomic E-state index is 12.0. The fourth-order valence-corrected chi connectivity index (χ4v) is 2.64. The summed E-state index contributed by atoms with van der Waals surface area (Å²) in [6.45, 7) is 9.66. The van der Waals surface area contributed by atoms with Gasteiger partial charge >= 0.3 is 11.9 Å². The molecule has 1 atom stereocenters. The highest BCUT2D eigenvalue weighted by molar-refractivity contribution is 8.14. The summed E-state index contributed by atoms with van der Waals surface area (Å²) in [7, 11) is 0. The maximum Gasteiger partial charge on any atom is 0.331 e. The molecule has 0 heterocycles. The summed E-state index contributed by atoms with van der Waals surface area (Å²) < 4.78 is 9.89. The Morgan fingerprint density at radius 3 is 2.19 bits per heavy atom. The van der Waals surface area contributed by atoms with Gasteiger partial charge in [-0.3, -0.25) is 19.2 Å². The molecular formula is C21H34N2O8S. The SMILES string of the molecule is CC(=O)OCC(C)(C)[C@@H](O)C(=O)NCCC(=O)NCCSC(=O)/C=C/C(=O)OC(C)(C)C. The molecule has 0 aliphatic rings. The number of ether oxygens (including phenoxy) is 2. The van der Waals surface area contributed by atoms with Crippen LogP contribution in [0, 0.1) is 5.41 Å². The van der Waals surface area contributed by atoms with Gasteiger partial charge in [0.15, 0.2) is 0 Å². The van der Waals surface area contributed by atoms with E-state index in [1.807, 2.05) is 0 Å². The Bertz CT molecular complexity index is 713. The highest BCUT2D eigenvalue weighted by atomic mass is 32.2. The second kappa shape index (κ2) is 13.9. The summed E-state index contributed by atoms with van der Waals surface area (Å²) in [5.74, 6) is -1.83. The predicted molar refractivity (Wildman–Crippen MR) is 120 cm³/mol. The van der Waals surface area contributed by atoms with E-state index in [0.717, 1.165) is 23.9 Å². The summed E-state index contributed by atoms with van der Waals surface area (Å²) in [5.41, 5.74) is -1.63. The first-order valence-electron chi connectivity index (χ1n) is 10.1. The molecular weight excluding hydrogens is 440 g/mol. The minimum Gasteiger partial charge on any atom is -0.465 e. The summed E-state index contributed by atoms with van der Waals surface area (Å²) in [6, 6.07) is 0. The third-order valence-corrected chi connectivity index (χ3v) is 4.55. The zero-order chi connectivity index (χ0) is 24.9. The number of hydrogen-bond acceptors (Lipinski definition) is 9. The van der Waals surface area contributed by atoms with Crippen molar-refractivity contribution in [3.8, 4) is 0 Å². The number of esters is 2. The minimum atomic E-state index is -1.42. The molecule has 0 aliphatic carbocycles. The third-order valence-electron chi connectivity index (χ3n) is 3.72. The van der Waals surface area contributed by atoms with Gasteiger partial charge in [0.05, 0.1) is 6.61 Å². The number of nitrogens with one attached hydrogen (secondary N) is 2. The highest BCUT2D eigenvalue weighted by Gasteiger charge is 2.34. The van der Waals surface area contributed by atoms with Crippen molar-refractivity contribution in [3.63, 3.8) is 0 Å². The molecule has 182 valence electrons. The van der Waals surface area contributed by atoms with Crippen LogP contribution in [0.3, 0.4) is 0 Å². The van der Waals surface area contributed by atoms with Crippen molar-refractivity contribution >= 4 is 40.6 Å². The molecule has 0 saturated carbocycles. The van der Waals surface area contributed by atoms with Crippen LogP contribution in [0.2, 0.25) is 0 Å². The lowest BCUT2D eigenvalue weighted by Crippen LogP contribution is -2.46. The van der Waals surface area contributed by atoms with Crippen LogP contribution in [0.25, 0.3) is 0 Å². The summed E-state index contributed by atoms with van der Waals surface area (Å²) >= 11 is 0.933. The van der Waals surface area contributed by atoms with Gasteiger partial charge in [-0.1, -0.05) is 25.6 Å². The number of amides is 2. The predicted octanol–water partition coefficient (Wildman–Crippen LogP) is 0.717. The lowest BCUT2D eigenvalue weighted by Gasteiger charge is -2.28. The molecule has 0 unspecified atom stereocenters. The normalized spacial score (nSPS) is 12.7. The van der Waals surface area contributed by atoms with Crippen molar-refractivity contribution in [2.75, 3.05) is 25.4 Å². The van der Waals surface area contributed by atoms with Crippen LogP contribution in [0.4, 0.5) is 0 Å². The van der Waals surface area contributed by atoms with Gasteiger partial charge in [0.2, 0.25) is 16.9 Å². The lowest BCUT2D eigenvalue weighted by atomic mass is 9.87. The molecule has 2 amide bonds. The summed E-state index contributed by atoms with van der Waals surface area (Å²) in [4.78, 5) is 57.9. The molecule has 0 bridgehead atoms. The number of carbonyl (C=O) groups excluding carboxylic acids is 5. The Hall–Kier alpha value is -2.40. The molecule has 0 aromatic carbocycles. The zero-order valence-corrected chi connectivity index (χ0v) is 20.3. The van der Waals surface area contributed by atoms with Gasteiger partial charge in [-0.25, -0.2) is 4.79 Å². The lowest BCUT2D eigenvalue weighted by molar-refractivity contribution is -0.151. The van der Waals surface area contributed by atoms with Gasteiger partial charge in [-0.2, -0.15) is 0 Å². The van der Waals surface area contributed by atoms with E-state index >= 15 is 0 Å². The molecule has 0 spiro atoms. The Labute approximate surface area is 192 Å². The quantitative estimate of drug-likeness (QED) is 0.211. The van der Waals surface area contributed by atoms with Crippen LogP contribution < -0.4 is 10.6 Å². The standard InChI is InChI=1S/C21H34N2O8S/c1-14(24)30-13-21(5,6)18(28)19(29)23-10-9-15(25)22-11-12-32-17(27)8-7-16(26)31-20(2,3)4/h7-8,18,28H,9-13H2,1-6H3,(H,22,25)(H,23,29)/b8-7+/t18-/m0/s1. The molecule has 0 fully saturated rings. The number of thioether (sulfide) groups is 1. The number of rotatable bonds is 12. The molecule has 0 radical (unpaired) electrons. The van der Waals surface area contributed by atoms with E-state index < -0.39 is 35.0 Å². The minimum absolute atomic E-state index is 0.00999. The van der Waals surface area contributed by atoms with E-state index in [9.17, 15) is 29.1 Å². The van der Waals surface area contributed by atoms with Crippen LogP contribution in [0.15, 0.2) is 12.2 Å². The highest BCUT2D eigenvalue weighted by Crippen LogP contribution is 2.21. The van der Waals surface area contributed by atoms with Gasteiger partial charge in [0, 0.05) is 43.7 Å². The smallest absolute Gasteiger partial charge is 0.331 e. The topological polar surface area (TPSA) is 148 Å². The van der Waals surface area contributed by atoms with Gasteiger partial charge in [-0.05, 0) is 26.8 Å². The van der Waals surface area contributed by atoms with Crippen molar-refractivity contribution < 1.29 is 38.6 Å². The van der Waals surface area contributed by atoms with Crippen LogP contribution >= 0.6 is 11.8 Å². The Balaban J connectivity index is 4.09. The first-order valence-corrected chi connectivity index (χ1v) is 11.1. The fraction of sp³-hybridized carbons (Fsp3) is 0.667. The first-order chi connectivity index (χ1) is 14.6. The van der Waals surface area contributed by atoms with E-state index in [4.69, 9.17) is 9.47 Å². The van der Waals surface area contributed by atoms with E-state index in [1.165, 1.54) is 6.92 Å². The van der Waals surface area contributed by atoms with Crippen molar-refractivity contribution in [2.45, 2.75) is 59.7 Å². The molecule has 32 heavy (non-hydrogen) atoms. The van der Waals surface area contributed by atoms with Crippen molar-refractivity contribution in [3.05, 3.63) is 12.2 Å². The van der Waals surface area contributed by atoms with E-state index in [-0.39, 0.29) is 37.1 Å². The maximum absolute atomic E-state index is 12.0. The number of carbonyl (C=O) groups is 5. The monoisotopic (exact) mass is 474 g/mol. The molecule has 0 rings (SSSR count). The number of aliphatic hydroxyl groups is 1.